The normalized spacial score (nSPS) is 14.7. The second-order valence-electron chi connectivity index (χ2n) is 7.83. The molecule has 0 spiro atoms. The zero-order chi connectivity index (χ0) is 22.7. The van der Waals surface area contributed by atoms with Crippen molar-refractivity contribution in [2.75, 3.05) is 7.11 Å². The van der Waals surface area contributed by atoms with Crippen molar-refractivity contribution in [1.29, 1.82) is 10.5 Å². The van der Waals surface area contributed by atoms with E-state index in [1.807, 2.05) is 12.1 Å². The van der Waals surface area contributed by atoms with E-state index in [0.717, 1.165) is 32.1 Å². The van der Waals surface area contributed by atoms with Crippen LogP contribution in [0, 0.1) is 22.7 Å². The summed E-state index contributed by atoms with van der Waals surface area (Å²) < 4.78 is 6.83. The van der Waals surface area contributed by atoms with Crippen LogP contribution in [0.4, 0.5) is 0 Å². The van der Waals surface area contributed by atoms with Crippen molar-refractivity contribution >= 4 is 22.9 Å². The predicted octanol–water partition coefficient (Wildman–Crippen LogP) is 4.71. The number of methoxy groups -OCH3 is 1. The number of nitrogens with zero attached hydrogens (tertiary/aromatic N) is 4. The third-order valence-corrected chi connectivity index (χ3v) is 5.89. The fraction of sp³-hybridized carbons (Fsp3) is 0.280. The van der Waals surface area contributed by atoms with Crippen molar-refractivity contribution in [2.24, 2.45) is 0 Å². The molecule has 0 bridgehead atoms. The summed E-state index contributed by atoms with van der Waals surface area (Å²) in [7, 11) is 1.56. The number of hydrogen-bond acceptors (Lipinski definition) is 6. The molecule has 4 rings (SSSR count). The number of aromatic nitrogens is 2. The van der Waals surface area contributed by atoms with Gasteiger partial charge in [0.15, 0.2) is 0 Å². The van der Waals surface area contributed by atoms with Crippen LogP contribution in [0.5, 0.6) is 5.75 Å². The van der Waals surface area contributed by atoms with Crippen LogP contribution in [0.15, 0.2) is 41.2 Å². The third-order valence-electron chi connectivity index (χ3n) is 5.89. The van der Waals surface area contributed by atoms with Crippen LogP contribution in [0.3, 0.4) is 0 Å². The minimum absolute atomic E-state index is 0.0171. The highest BCUT2D eigenvalue weighted by Gasteiger charge is 2.22. The first-order valence-electron chi connectivity index (χ1n) is 10.5. The van der Waals surface area contributed by atoms with Gasteiger partial charge in [0.25, 0.3) is 5.56 Å². The van der Waals surface area contributed by atoms with Gasteiger partial charge in [0.2, 0.25) is 0 Å². The van der Waals surface area contributed by atoms with Crippen LogP contribution >= 0.6 is 0 Å². The average Bonchev–Trinajstić information content (AvgIpc) is 2.84. The van der Waals surface area contributed by atoms with E-state index in [1.165, 1.54) is 12.1 Å². The molecule has 1 aliphatic carbocycles. The third kappa shape index (κ3) is 3.93. The lowest BCUT2D eigenvalue weighted by Crippen LogP contribution is -2.29. The Hall–Kier alpha value is -4.10. The standard InChI is InChI=1S/C25H22N4O3/c1-32-20-9-7-16(8-10-20)24(30)13-22-25(31)29(19-5-3-2-4-6-19)23-12-18(15-27)17(14-26)11-21(23)28-22/h7-13,19,30H,2-6H2,1H3. The second kappa shape index (κ2) is 8.95. The Morgan fingerprint density at radius 1 is 1.12 bits per heavy atom. The molecule has 0 saturated heterocycles. The Balaban J connectivity index is 1.92. The van der Waals surface area contributed by atoms with Gasteiger partial charge in [-0.1, -0.05) is 19.3 Å². The molecule has 3 aromatic rings. The molecular formula is C25H22N4O3. The van der Waals surface area contributed by atoms with Gasteiger partial charge in [0.05, 0.1) is 29.3 Å². The van der Waals surface area contributed by atoms with Gasteiger partial charge >= 0.3 is 0 Å². The molecule has 0 radical (unpaired) electrons. The van der Waals surface area contributed by atoms with E-state index >= 15 is 0 Å². The Morgan fingerprint density at radius 3 is 2.41 bits per heavy atom. The molecule has 1 fully saturated rings. The van der Waals surface area contributed by atoms with Gasteiger partial charge in [0, 0.05) is 17.7 Å². The highest BCUT2D eigenvalue weighted by atomic mass is 16.5. The first kappa shape index (κ1) is 21.1. The molecule has 0 amide bonds. The molecular weight excluding hydrogens is 404 g/mol. The molecule has 0 unspecified atom stereocenters. The topological polar surface area (TPSA) is 112 Å². The number of ether oxygens (including phenoxy) is 1. The monoisotopic (exact) mass is 426 g/mol. The van der Waals surface area contributed by atoms with E-state index in [9.17, 15) is 20.4 Å². The van der Waals surface area contributed by atoms with Crippen molar-refractivity contribution in [1.82, 2.24) is 9.55 Å². The zero-order valence-corrected chi connectivity index (χ0v) is 17.7. The lowest BCUT2D eigenvalue weighted by molar-refractivity contribution is 0.353. The number of aliphatic hydroxyl groups is 1. The molecule has 1 aromatic heterocycles. The maximum absolute atomic E-state index is 13.5. The summed E-state index contributed by atoms with van der Waals surface area (Å²) >= 11 is 0. The maximum atomic E-state index is 13.5. The second-order valence-corrected chi connectivity index (χ2v) is 7.83. The quantitative estimate of drug-likeness (QED) is 0.605. The lowest BCUT2D eigenvalue weighted by atomic mass is 9.94. The summed E-state index contributed by atoms with van der Waals surface area (Å²) in [5, 5.41) is 29.5. The van der Waals surface area contributed by atoms with E-state index in [1.54, 1.807) is 42.0 Å². The van der Waals surface area contributed by atoms with E-state index in [4.69, 9.17) is 4.74 Å². The molecule has 7 nitrogen and oxygen atoms in total. The van der Waals surface area contributed by atoms with Crippen LogP contribution in [0.25, 0.3) is 22.9 Å². The summed E-state index contributed by atoms with van der Waals surface area (Å²) in [5.41, 5.74) is 1.70. The molecule has 2 aromatic carbocycles. The predicted molar refractivity (Wildman–Crippen MR) is 121 cm³/mol. The van der Waals surface area contributed by atoms with Gasteiger partial charge in [-0.05, 0) is 49.2 Å². The van der Waals surface area contributed by atoms with Gasteiger partial charge in [-0.25, -0.2) is 4.98 Å². The van der Waals surface area contributed by atoms with Crippen molar-refractivity contribution < 1.29 is 9.84 Å². The molecule has 1 aliphatic rings. The average molecular weight is 426 g/mol. The number of fused-ring (bicyclic) bond motifs is 1. The van der Waals surface area contributed by atoms with Gasteiger partial charge in [-0.2, -0.15) is 10.5 Å². The van der Waals surface area contributed by atoms with Gasteiger partial charge in [-0.15, -0.1) is 0 Å². The maximum Gasteiger partial charge on any atom is 0.277 e. The van der Waals surface area contributed by atoms with Crippen molar-refractivity contribution in [3.8, 4) is 17.9 Å². The molecule has 7 heteroatoms. The first-order valence-corrected chi connectivity index (χ1v) is 10.5. The Bertz CT molecular complexity index is 1340. The molecule has 0 atom stereocenters. The number of benzene rings is 2. The van der Waals surface area contributed by atoms with Crippen molar-refractivity contribution in [2.45, 2.75) is 38.1 Å². The number of aliphatic hydroxyl groups excluding tert-OH is 1. The minimum Gasteiger partial charge on any atom is -0.507 e. The van der Waals surface area contributed by atoms with Gasteiger partial charge < -0.3 is 14.4 Å². The highest BCUT2D eigenvalue weighted by Crippen LogP contribution is 2.30. The van der Waals surface area contributed by atoms with Gasteiger partial charge in [-0.3, -0.25) is 4.79 Å². The summed E-state index contributed by atoms with van der Waals surface area (Å²) in [4.78, 5) is 17.9. The SMILES string of the molecule is COc1ccc(C(O)=Cc2nc3cc(C#N)c(C#N)cc3n(C3CCCCC3)c2=O)cc1. The van der Waals surface area contributed by atoms with Gasteiger partial charge in [0.1, 0.15) is 29.3 Å². The largest absolute Gasteiger partial charge is 0.507 e. The van der Waals surface area contributed by atoms with Crippen LogP contribution in [-0.4, -0.2) is 21.8 Å². The van der Waals surface area contributed by atoms with E-state index in [-0.39, 0.29) is 34.2 Å². The van der Waals surface area contributed by atoms with E-state index in [0.29, 0.717) is 22.3 Å². The number of nitriles is 2. The van der Waals surface area contributed by atoms with Crippen LogP contribution in [0.2, 0.25) is 0 Å². The molecule has 0 aliphatic heterocycles. The highest BCUT2D eigenvalue weighted by molar-refractivity contribution is 5.82. The first-order chi connectivity index (χ1) is 15.5. The summed E-state index contributed by atoms with van der Waals surface area (Å²) in [5.74, 6) is 0.559. The Labute approximate surface area is 185 Å². The smallest absolute Gasteiger partial charge is 0.277 e. The summed E-state index contributed by atoms with van der Waals surface area (Å²) in [6.45, 7) is 0. The van der Waals surface area contributed by atoms with Crippen LogP contribution < -0.4 is 10.3 Å². The van der Waals surface area contributed by atoms with E-state index < -0.39 is 0 Å². The van der Waals surface area contributed by atoms with Crippen molar-refractivity contribution in [3.05, 3.63) is 69.1 Å². The van der Waals surface area contributed by atoms with Crippen molar-refractivity contribution in [3.63, 3.8) is 0 Å². The molecule has 1 saturated carbocycles. The molecule has 160 valence electrons. The molecule has 32 heavy (non-hydrogen) atoms. The zero-order valence-electron chi connectivity index (χ0n) is 17.7. The number of hydrogen-bond donors (Lipinski definition) is 1. The Morgan fingerprint density at radius 2 is 1.78 bits per heavy atom. The minimum atomic E-state index is -0.321. The fourth-order valence-corrected chi connectivity index (χ4v) is 4.23. The van der Waals surface area contributed by atoms with Crippen LogP contribution in [-0.2, 0) is 0 Å². The fourth-order valence-electron chi connectivity index (χ4n) is 4.23. The summed E-state index contributed by atoms with van der Waals surface area (Å²) in [6.07, 6.45) is 6.23. The lowest BCUT2D eigenvalue weighted by Gasteiger charge is -2.26. The molecule has 1 heterocycles. The summed E-state index contributed by atoms with van der Waals surface area (Å²) in [6, 6.07) is 14.0. The van der Waals surface area contributed by atoms with Crippen LogP contribution in [0.1, 0.15) is 60.5 Å². The molecule has 1 N–H and O–H groups in total. The van der Waals surface area contributed by atoms with E-state index in [2.05, 4.69) is 4.98 Å². The Kier molecular flexibility index (Phi) is 5.91. The number of rotatable bonds is 4.